The highest BCUT2D eigenvalue weighted by Gasteiger charge is 2.24. The minimum atomic E-state index is -0.0146. The third kappa shape index (κ3) is 5.84. The zero-order chi connectivity index (χ0) is 17.4. The standard InChI is InChI=1S/C20H28N2O2/c1-16(2)20(24)21-18-12-8-14-22(15-18)19(23)13-7-6-11-17-9-4-3-5-10-17/h3-6,9-11,16,18H,7-8,12-15H2,1-2H3,(H,21,24)/b11-6+. The fraction of sp³-hybridized carbons (Fsp3) is 0.500. The highest BCUT2D eigenvalue weighted by atomic mass is 16.2. The molecule has 1 unspecified atom stereocenters. The number of benzene rings is 1. The zero-order valence-electron chi connectivity index (χ0n) is 14.7. The second-order valence-corrected chi connectivity index (χ2v) is 6.69. The number of allylic oxidation sites excluding steroid dienone is 1. The molecule has 0 aromatic heterocycles. The van der Waals surface area contributed by atoms with Crippen molar-refractivity contribution in [3.05, 3.63) is 42.0 Å². The molecule has 1 heterocycles. The van der Waals surface area contributed by atoms with Gasteiger partial charge in [-0.15, -0.1) is 0 Å². The van der Waals surface area contributed by atoms with Crippen LogP contribution >= 0.6 is 0 Å². The first-order chi connectivity index (χ1) is 11.6. The van der Waals surface area contributed by atoms with E-state index in [4.69, 9.17) is 0 Å². The van der Waals surface area contributed by atoms with Crippen LogP contribution in [-0.4, -0.2) is 35.8 Å². The smallest absolute Gasteiger partial charge is 0.222 e. The Labute approximate surface area is 144 Å². The van der Waals surface area contributed by atoms with Crippen LogP contribution in [0.5, 0.6) is 0 Å². The number of carbonyl (C=O) groups excluding carboxylic acids is 2. The molecule has 1 saturated heterocycles. The lowest BCUT2D eigenvalue weighted by Gasteiger charge is -2.33. The van der Waals surface area contributed by atoms with Gasteiger partial charge in [-0.2, -0.15) is 0 Å². The number of hydrogen-bond donors (Lipinski definition) is 1. The molecule has 0 radical (unpaired) electrons. The van der Waals surface area contributed by atoms with Crippen LogP contribution in [0.25, 0.3) is 6.08 Å². The Morgan fingerprint density at radius 3 is 2.75 bits per heavy atom. The summed E-state index contributed by atoms with van der Waals surface area (Å²) in [5.41, 5.74) is 1.15. The average Bonchev–Trinajstić information content (AvgIpc) is 2.59. The van der Waals surface area contributed by atoms with Crippen molar-refractivity contribution in [2.24, 2.45) is 5.92 Å². The van der Waals surface area contributed by atoms with Gasteiger partial charge in [0.15, 0.2) is 0 Å². The first-order valence-corrected chi connectivity index (χ1v) is 8.86. The summed E-state index contributed by atoms with van der Waals surface area (Å²) in [4.78, 5) is 26.1. The summed E-state index contributed by atoms with van der Waals surface area (Å²) in [6, 6.07) is 10.2. The van der Waals surface area contributed by atoms with Crippen molar-refractivity contribution >= 4 is 17.9 Å². The Morgan fingerprint density at radius 2 is 2.04 bits per heavy atom. The molecule has 0 aliphatic carbocycles. The Kier molecular flexibility index (Phi) is 7.04. The molecule has 4 nitrogen and oxygen atoms in total. The molecule has 0 bridgehead atoms. The molecule has 1 aromatic rings. The number of rotatable bonds is 6. The van der Waals surface area contributed by atoms with E-state index < -0.39 is 0 Å². The predicted molar refractivity (Wildman–Crippen MR) is 97.3 cm³/mol. The van der Waals surface area contributed by atoms with Gasteiger partial charge in [0.05, 0.1) is 0 Å². The van der Waals surface area contributed by atoms with Crippen LogP contribution in [-0.2, 0) is 9.59 Å². The monoisotopic (exact) mass is 328 g/mol. The molecule has 2 amide bonds. The Hall–Kier alpha value is -2.10. The minimum Gasteiger partial charge on any atom is -0.351 e. The van der Waals surface area contributed by atoms with Gasteiger partial charge in [-0.3, -0.25) is 9.59 Å². The van der Waals surface area contributed by atoms with Gasteiger partial charge in [-0.1, -0.05) is 56.3 Å². The molecule has 1 N–H and O–H groups in total. The lowest BCUT2D eigenvalue weighted by atomic mass is 10.0. The minimum absolute atomic E-state index is 0.0146. The van der Waals surface area contributed by atoms with Crippen LogP contribution in [0.3, 0.4) is 0 Å². The summed E-state index contributed by atoms with van der Waals surface area (Å²) < 4.78 is 0. The number of carbonyl (C=O) groups is 2. The van der Waals surface area contributed by atoms with E-state index in [2.05, 4.69) is 17.5 Å². The fourth-order valence-corrected chi connectivity index (χ4v) is 2.84. The van der Waals surface area contributed by atoms with Crippen LogP contribution < -0.4 is 5.32 Å². The molecule has 0 spiro atoms. The zero-order valence-corrected chi connectivity index (χ0v) is 14.7. The second-order valence-electron chi connectivity index (χ2n) is 6.69. The van der Waals surface area contributed by atoms with Gasteiger partial charge in [0.25, 0.3) is 0 Å². The van der Waals surface area contributed by atoms with Crippen LogP contribution in [0.15, 0.2) is 36.4 Å². The van der Waals surface area contributed by atoms with Crippen molar-refractivity contribution in [3.63, 3.8) is 0 Å². The first-order valence-electron chi connectivity index (χ1n) is 8.86. The molecular formula is C20H28N2O2. The number of nitrogens with zero attached hydrogens (tertiary/aromatic N) is 1. The number of piperidine rings is 1. The summed E-state index contributed by atoms with van der Waals surface area (Å²) in [5, 5.41) is 3.05. The normalized spacial score (nSPS) is 18.1. The number of nitrogens with one attached hydrogen (secondary N) is 1. The molecule has 0 saturated carbocycles. The Morgan fingerprint density at radius 1 is 1.29 bits per heavy atom. The van der Waals surface area contributed by atoms with Crippen molar-refractivity contribution in [2.75, 3.05) is 13.1 Å². The van der Waals surface area contributed by atoms with Gasteiger partial charge in [-0.25, -0.2) is 0 Å². The maximum absolute atomic E-state index is 12.4. The number of hydrogen-bond acceptors (Lipinski definition) is 2. The number of likely N-dealkylation sites (tertiary alicyclic amines) is 1. The summed E-state index contributed by atoms with van der Waals surface area (Å²) >= 11 is 0. The first kappa shape index (κ1) is 18.2. The van der Waals surface area contributed by atoms with E-state index in [9.17, 15) is 9.59 Å². The Balaban J connectivity index is 1.75. The van der Waals surface area contributed by atoms with E-state index in [1.54, 1.807) is 0 Å². The SMILES string of the molecule is CC(C)C(=O)NC1CCCN(C(=O)CC/C=C/c2ccccc2)C1. The lowest BCUT2D eigenvalue weighted by Crippen LogP contribution is -2.50. The molecule has 130 valence electrons. The van der Waals surface area contributed by atoms with E-state index in [-0.39, 0.29) is 23.8 Å². The highest BCUT2D eigenvalue weighted by molar-refractivity contribution is 5.79. The molecule has 24 heavy (non-hydrogen) atoms. The van der Waals surface area contributed by atoms with Crippen molar-refractivity contribution in [1.29, 1.82) is 0 Å². The van der Waals surface area contributed by atoms with Crippen molar-refractivity contribution in [2.45, 2.75) is 45.6 Å². The van der Waals surface area contributed by atoms with E-state index in [0.717, 1.165) is 31.4 Å². The molecule has 1 aliphatic heterocycles. The molecule has 4 heteroatoms. The number of amides is 2. The quantitative estimate of drug-likeness (QED) is 0.871. The van der Waals surface area contributed by atoms with Crippen LogP contribution in [0.4, 0.5) is 0 Å². The molecule has 1 atom stereocenters. The fourth-order valence-electron chi connectivity index (χ4n) is 2.84. The van der Waals surface area contributed by atoms with Crippen molar-refractivity contribution in [3.8, 4) is 0 Å². The lowest BCUT2D eigenvalue weighted by molar-refractivity contribution is -0.134. The summed E-state index contributed by atoms with van der Waals surface area (Å²) in [7, 11) is 0. The van der Waals surface area contributed by atoms with Gasteiger partial charge in [0.2, 0.25) is 11.8 Å². The molecule has 1 aromatic carbocycles. The van der Waals surface area contributed by atoms with E-state index in [0.29, 0.717) is 13.0 Å². The van der Waals surface area contributed by atoms with Gasteiger partial charge in [-0.05, 0) is 24.8 Å². The predicted octanol–water partition coefficient (Wildman–Crippen LogP) is 3.24. The van der Waals surface area contributed by atoms with Gasteiger partial charge in [0, 0.05) is 31.5 Å². The summed E-state index contributed by atoms with van der Waals surface area (Å²) in [5.74, 6) is 0.232. The van der Waals surface area contributed by atoms with E-state index >= 15 is 0 Å². The van der Waals surface area contributed by atoms with Gasteiger partial charge < -0.3 is 10.2 Å². The largest absolute Gasteiger partial charge is 0.351 e. The summed E-state index contributed by atoms with van der Waals surface area (Å²) in [6.07, 6.45) is 7.27. The third-order valence-corrected chi connectivity index (χ3v) is 4.28. The second kappa shape index (κ2) is 9.26. The van der Waals surface area contributed by atoms with Gasteiger partial charge >= 0.3 is 0 Å². The van der Waals surface area contributed by atoms with Crippen LogP contribution in [0.1, 0.15) is 45.1 Å². The maximum Gasteiger partial charge on any atom is 0.222 e. The highest BCUT2D eigenvalue weighted by Crippen LogP contribution is 2.13. The molecule has 1 fully saturated rings. The molecule has 1 aliphatic rings. The van der Waals surface area contributed by atoms with Crippen LogP contribution in [0.2, 0.25) is 0 Å². The topological polar surface area (TPSA) is 49.4 Å². The van der Waals surface area contributed by atoms with E-state index in [1.165, 1.54) is 0 Å². The van der Waals surface area contributed by atoms with Crippen molar-refractivity contribution < 1.29 is 9.59 Å². The Bertz CT molecular complexity index is 566. The molecular weight excluding hydrogens is 300 g/mol. The average molecular weight is 328 g/mol. The maximum atomic E-state index is 12.4. The van der Waals surface area contributed by atoms with E-state index in [1.807, 2.05) is 49.1 Å². The third-order valence-electron chi connectivity index (χ3n) is 4.28. The molecule has 2 rings (SSSR count). The summed E-state index contributed by atoms with van der Waals surface area (Å²) in [6.45, 7) is 5.22. The van der Waals surface area contributed by atoms with Crippen LogP contribution in [0, 0.1) is 5.92 Å². The van der Waals surface area contributed by atoms with Gasteiger partial charge in [0.1, 0.15) is 0 Å². The van der Waals surface area contributed by atoms with Crippen molar-refractivity contribution in [1.82, 2.24) is 10.2 Å².